The molecule has 0 saturated carbocycles. The van der Waals surface area contributed by atoms with Gasteiger partial charge in [0.15, 0.2) is 5.78 Å². The van der Waals surface area contributed by atoms with Crippen molar-refractivity contribution in [3.63, 3.8) is 0 Å². The Bertz CT molecular complexity index is 1760. The molecule has 4 atom stereocenters. The van der Waals surface area contributed by atoms with Crippen molar-refractivity contribution in [2.45, 2.75) is 31.0 Å². The maximum absolute atomic E-state index is 14.6. The van der Waals surface area contributed by atoms with Crippen molar-refractivity contribution in [1.29, 1.82) is 0 Å². The molecule has 4 aromatic carbocycles. The zero-order valence-electron chi connectivity index (χ0n) is 25.8. The van der Waals surface area contributed by atoms with E-state index in [1.165, 1.54) is 23.1 Å². The lowest BCUT2D eigenvalue weighted by atomic mass is 9.76. The highest BCUT2D eigenvalue weighted by molar-refractivity contribution is 6.03. The molecule has 11 nitrogen and oxygen atoms in total. The van der Waals surface area contributed by atoms with Crippen molar-refractivity contribution in [3.05, 3.63) is 142 Å². The summed E-state index contributed by atoms with van der Waals surface area (Å²) in [5, 5.41) is 14.8. The van der Waals surface area contributed by atoms with Crippen LogP contribution in [0.15, 0.2) is 109 Å². The van der Waals surface area contributed by atoms with Crippen LogP contribution >= 0.6 is 0 Å². The van der Waals surface area contributed by atoms with Gasteiger partial charge in [-0.05, 0) is 28.8 Å². The van der Waals surface area contributed by atoms with E-state index < -0.39 is 53.0 Å². The molecule has 47 heavy (non-hydrogen) atoms. The van der Waals surface area contributed by atoms with Gasteiger partial charge in [-0.15, -0.1) is 0 Å². The highest BCUT2D eigenvalue weighted by Crippen LogP contribution is 2.52. The first-order valence-electron chi connectivity index (χ1n) is 14.9. The Morgan fingerprint density at radius 3 is 2.09 bits per heavy atom. The molecular weight excluding hydrogens is 602 g/mol. The monoisotopic (exact) mass is 635 g/mol. The van der Waals surface area contributed by atoms with Crippen LogP contribution < -0.4 is 10.1 Å². The number of nitro groups is 1. The molecule has 4 aromatic rings. The lowest BCUT2D eigenvalue weighted by Gasteiger charge is -2.31. The molecule has 11 heteroatoms. The predicted octanol–water partition coefficient (Wildman–Crippen LogP) is 5.02. The molecule has 1 fully saturated rings. The molecular formula is C36H33N3O8. The number of Topliss-reactive ketones (excluding diaryl/α,β-unsaturated/α-hetero) is 1. The number of rotatable bonds is 11. The van der Waals surface area contributed by atoms with Crippen LogP contribution in [-0.4, -0.2) is 53.7 Å². The Labute approximate surface area is 271 Å². The van der Waals surface area contributed by atoms with Crippen LogP contribution in [0.3, 0.4) is 0 Å². The first-order chi connectivity index (χ1) is 22.7. The molecule has 0 spiro atoms. The van der Waals surface area contributed by atoms with Crippen molar-refractivity contribution < 1.29 is 33.6 Å². The number of nitrogens with zero attached hydrogens (tertiary/aromatic N) is 2. The zero-order valence-corrected chi connectivity index (χ0v) is 25.8. The summed E-state index contributed by atoms with van der Waals surface area (Å²) in [7, 11) is 2.69. The van der Waals surface area contributed by atoms with Gasteiger partial charge in [-0.3, -0.25) is 29.3 Å². The standard InChI is InChI=1S/C36H33N3O8/c1-46-28-18-16-23(17-19-28)22-37-36(43)34-31(24-10-5-3-6-11-24)32(35(42)25-12-7-4-8-13-25)33(38(34)29(40)21-30(41)47-2)26-14-9-15-27(20-26)39(44)45/h3-20,31-34H,21-22H2,1-2H3,(H,37,43). The Hall–Kier alpha value is -5.84. The first-order valence-corrected chi connectivity index (χ1v) is 14.9. The maximum Gasteiger partial charge on any atom is 0.315 e. The molecule has 1 aliphatic rings. The van der Waals surface area contributed by atoms with Crippen molar-refractivity contribution in [3.8, 4) is 5.75 Å². The summed E-state index contributed by atoms with van der Waals surface area (Å²) in [6, 6.07) is 27.7. The molecule has 2 amide bonds. The van der Waals surface area contributed by atoms with E-state index in [4.69, 9.17) is 9.47 Å². The van der Waals surface area contributed by atoms with Crippen LogP contribution in [0.5, 0.6) is 5.75 Å². The fraction of sp³-hybridized carbons (Fsp3) is 0.222. The molecule has 1 aliphatic heterocycles. The van der Waals surface area contributed by atoms with Crippen molar-refractivity contribution in [2.24, 2.45) is 5.92 Å². The third-order valence-corrected chi connectivity index (χ3v) is 8.34. The van der Waals surface area contributed by atoms with E-state index >= 15 is 0 Å². The summed E-state index contributed by atoms with van der Waals surface area (Å²) in [5.41, 5.74) is 1.73. The third kappa shape index (κ3) is 7.04. The summed E-state index contributed by atoms with van der Waals surface area (Å²) >= 11 is 0. The number of non-ortho nitro benzene ring substituents is 1. The summed E-state index contributed by atoms with van der Waals surface area (Å²) in [4.78, 5) is 68.1. The SMILES string of the molecule is COC(=O)CC(=O)N1C(C(=O)NCc2ccc(OC)cc2)C(c2ccccc2)C(C(=O)c2ccccc2)C1c1cccc([N+](=O)[O-])c1. The van der Waals surface area contributed by atoms with Crippen LogP contribution in [0.4, 0.5) is 5.69 Å². The van der Waals surface area contributed by atoms with Gasteiger partial charge in [0.2, 0.25) is 11.8 Å². The van der Waals surface area contributed by atoms with Gasteiger partial charge in [0.25, 0.3) is 5.69 Å². The van der Waals surface area contributed by atoms with Gasteiger partial charge in [-0.1, -0.05) is 84.9 Å². The minimum atomic E-state index is -1.28. The zero-order chi connectivity index (χ0) is 33.5. The Morgan fingerprint density at radius 1 is 0.830 bits per heavy atom. The molecule has 1 saturated heterocycles. The maximum atomic E-state index is 14.6. The average molecular weight is 636 g/mol. The fourth-order valence-corrected chi connectivity index (χ4v) is 6.19. The van der Waals surface area contributed by atoms with Crippen LogP contribution in [-0.2, 0) is 25.7 Å². The summed E-state index contributed by atoms with van der Waals surface area (Å²) < 4.78 is 10.0. The fourth-order valence-electron chi connectivity index (χ4n) is 6.19. The minimum absolute atomic E-state index is 0.0959. The van der Waals surface area contributed by atoms with Gasteiger partial charge in [0.05, 0.1) is 31.1 Å². The van der Waals surface area contributed by atoms with Gasteiger partial charge < -0.3 is 19.7 Å². The lowest BCUT2D eigenvalue weighted by Crippen LogP contribution is -2.49. The second kappa shape index (κ2) is 14.5. The summed E-state index contributed by atoms with van der Waals surface area (Å²) in [6.07, 6.45) is -0.710. The number of methoxy groups -OCH3 is 2. The number of carbonyl (C=O) groups excluding carboxylic acids is 4. The van der Waals surface area contributed by atoms with E-state index in [1.807, 2.05) is 0 Å². The van der Waals surface area contributed by atoms with Gasteiger partial charge in [-0.25, -0.2) is 0 Å². The quantitative estimate of drug-likeness (QED) is 0.0796. The number of ketones is 1. The molecule has 0 aliphatic carbocycles. The summed E-state index contributed by atoms with van der Waals surface area (Å²) in [6.45, 7) is 0.0959. The highest BCUT2D eigenvalue weighted by Gasteiger charge is 2.57. The van der Waals surface area contributed by atoms with Crippen LogP contribution in [0, 0.1) is 16.0 Å². The second-order valence-corrected chi connectivity index (χ2v) is 11.1. The number of amides is 2. The number of carbonyl (C=O) groups is 4. The minimum Gasteiger partial charge on any atom is -0.497 e. The predicted molar refractivity (Wildman–Crippen MR) is 171 cm³/mol. The molecule has 1 heterocycles. The Balaban J connectivity index is 1.70. The third-order valence-electron chi connectivity index (χ3n) is 8.34. The Kier molecular flexibility index (Phi) is 10.0. The number of nitrogens with one attached hydrogen (secondary N) is 1. The van der Waals surface area contributed by atoms with Crippen molar-refractivity contribution in [2.75, 3.05) is 14.2 Å². The molecule has 1 N–H and O–H groups in total. The smallest absolute Gasteiger partial charge is 0.315 e. The largest absolute Gasteiger partial charge is 0.497 e. The molecule has 0 aromatic heterocycles. The van der Waals surface area contributed by atoms with Gasteiger partial charge in [-0.2, -0.15) is 0 Å². The number of nitro benzene ring substituents is 1. The van der Waals surface area contributed by atoms with Crippen LogP contribution in [0.1, 0.15) is 45.4 Å². The normalized spacial score (nSPS) is 18.6. The number of esters is 1. The Morgan fingerprint density at radius 2 is 1.47 bits per heavy atom. The van der Waals surface area contributed by atoms with Gasteiger partial charge >= 0.3 is 5.97 Å². The number of likely N-dealkylation sites (tertiary alicyclic amines) is 1. The average Bonchev–Trinajstić information content (AvgIpc) is 3.47. The number of ether oxygens (including phenoxy) is 2. The number of hydrogen-bond donors (Lipinski definition) is 1. The van der Waals surface area contributed by atoms with E-state index in [9.17, 15) is 29.3 Å². The number of benzene rings is 4. The molecule has 0 bridgehead atoms. The van der Waals surface area contributed by atoms with E-state index in [2.05, 4.69) is 5.32 Å². The van der Waals surface area contributed by atoms with E-state index in [0.717, 1.165) is 12.7 Å². The number of hydrogen-bond acceptors (Lipinski definition) is 8. The topological polar surface area (TPSA) is 145 Å². The van der Waals surface area contributed by atoms with E-state index in [-0.39, 0.29) is 23.6 Å². The van der Waals surface area contributed by atoms with E-state index in [1.54, 1.807) is 98.1 Å². The van der Waals surface area contributed by atoms with Crippen molar-refractivity contribution in [1.82, 2.24) is 10.2 Å². The van der Waals surface area contributed by atoms with Crippen molar-refractivity contribution >= 4 is 29.3 Å². The molecule has 5 rings (SSSR count). The lowest BCUT2D eigenvalue weighted by molar-refractivity contribution is -0.385. The second-order valence-electron chi connectivity index (χ2n) is 11.1. The van der Waals surface area contributed by atoms with Crippen LogP contribution in [0.25, 0.3) is 0 Å². The van der Waals surface area contributed by atoms with E-state index in [0.29, 0.717) is 16.9 Å². The molecule has 4 unspecified atom stereocenters. The van der Waals surface area contributed by atoms with Crippen LogP contribution in [0.2, 0.25) is 0 Å². The highest BCUT2D eigenvalue weighted by atomic mass is 16.6. The first kappa shape index (κ1) is 32.6. The molecule has 240 valence electrons. The molecule has 0 radical (unpaired) electrons. The van der Waals surface area contributed by atoms with Gasteiger partial charge in [0.1, 0.15) is 18.2 Å². The van der Waals surface area contributed by atoms with Gasteiger partial charge in [0, 0.05) is 30.2 Å². The summed E-state index contributed by atoms with van der Waals surface area (Å²) in [5.74, 6) is -3.85.